The number of H-pyrrole nitrogens is 1. The minimum atomic E-state index is -4.70. The van der Waals surface area contributed by atoms with Gasteiger partial charge in [0.25, 0.3) is 0 Å². The molecule has 0 saturated heterocycles. The predicted molar refractivity (Wildman–Crippen MR) is 47.1 cm³/mol. The first-order chi connectivity index (χ1) is 7.93. The van der Waals surface area contributed by atoms with Gasteiger partial charge in [-0.3, -0.25) is 0 Å². The number of rotatable bonds is 1. The number of aromatic carboxylic acids is 1. The molecule has 0 bridgehead atoms. The van der Waals surface area contributed by atoms with Crippen LogP contribution in [0.25, 0.3) is 0 Å². The van der Waals surface area contributed by atoms with Gasteiger partial charge in [0, 0.05) is 0 Å². The molecule has 2 rings (SSSR count). The van der Waals surface area contributed by atoms with Crippen molar-refractivity contribution in [1.29, 1.82) is 0 Å². The Morgan fingerprint density at radius 3 is 2.47 bits per heavy atom. The van der Waals surface area contributed by atoms with E-state index in [-0.39, 0.29) is 0 Å². The van der Waals surface area contributed by atoms with Gasteiger partial charge in [-0.2, -0.15) is 13.2 Å². The molecule has 2 aromatic heterocycles. The van der Waals surface area contributed by atoms with E-state index in [2.05, 4.69) is 14.7 Å². The molecule has 2 N–H and O–H groups in total. The maximum atomic E-state index is 11.9. The highest BCUT2D eigenvalue weighted by Gasteiger charge is 2.37. The summed E-state index contributed by atoms with van der Waals surface area (Å²) in [7, 11) is 0. The van der Waals surface area contributed by atoms with Crippen LogP contribution in [0, 0.1) is 0 Å². The summed E-state index contributed by atoms with van der Waals surface area (Å²) in [5.41, 5.74) is -2.35. The van der Waals surface area contributed by atoms with Crippen LogP contribution in [-0.2, 0) is 6.18 Å². The molecule has 6 nitrogen and oxygen atoms in total. The number of carboxylic acid groups (broad SMARTS) is 1. The fourth-order valence-corrected chi connectivity index (χ4v) is 0.848. The molecule has 0 fully saturated rings. The molecule has 17 heavy (non-hydrogen) atoms. The molecular weight excluding hydrogens is 243 g/mol. The first-order valence-electron chi connectivity index (χ1n) is 4.11. The standard InChI is InChI=1S/C5H3F3N2O2.C3H3NO/c6-5(7,8)3-2(4(11)12)9-1-10-3;1-2-4-5-3-1/h1H,(H,9,10)(H,11,12);1-3H. The Kier molecular flexibility index (Phi) is 3.86. The molecule has 0 spiro atoms. The number of hydrogen-bond acceptors (Lipinski definition) is 4. The quantitative estimate of drug-likeness (QED) is 0.803. The molecule has 0 aromatic carbocycles. The van der Waals surface area contributed by atoms with Crippen molar-refractivity contribution in [2.45, 2.75) is 6.18 Å². The van der Waals surface area contributed by atoms with Gasteiger partial charge < -0.3 is 14.6 Å². The van der Waals surface area contributed by atoms with Gasteiger partial charge >= 0.3 is 12.1 Å². The Balaban J connectivity index is 0.000000239. The van der Waals surface area contributed by atoms with Crippen molar-refractivity contribution >= 4 is 5.97 Å². The third-order valence-electron chi connectivity index (χ3n) is 1.47. The summed E-state index contributed by atoms with van der Waals surface area (Å²) in [6.07, 6.45) is -0.920. The summed E-state index contributed by atoms with van der Waals surface area (Å²) in [6, 6.07) is 1.72. The Morgan fingerprint density at radius 2 is 2.18 bits per heavy atom. The second-order valence-electron chi connectivity index (χ2n) is 2.62. The number of carbonyl (C=O) groups is 1. The van der Waals surface area contributed by atoms with Crippen LogP contribution in [0.4, 0.5) is 13.2 Å². The largest absolute Gasteiger partial charge is 0.476 e. The van der Waals surface area contributed by atoms with Crippen molar-refractivity contribution in [3.8, 4) is 0 Å². The zero-order valence-electron chi connectivity index (χ0n) is 8.10. The first-order valence-corrected chi connectivity index (χ1v) is 4.11. The van der Waals surface area contributed by atoms with E-state index in [9.17, 15) is 18.0 Å². The molecule has 9 heteroatoms. The monoisotopic (exact) mass is 249 g/mol. The van der Waals surface area contributed by atoms with Crippen molar-refractivity contribution in [2.75, 3.05) is 0 Å². The van der Waals surface area contributed by atoms with E-state index in [1.165, 1.54) is 6.26 Å². The first kappa shape index (κ1) is 12.7. The fraction of sp³-hybridized carbons (Fsp3) is 0.125. The predicted octanol–water partition coefficient (Wildman–Crippen LogP) is 1.80. The van der Waals surface area contributed by atoms with Crippen molar-refractivity contribution in [3.63, 3.8) is 0 Å². The van der Waals surface area contributed by atoms with Crippen molar-refractivity contribution in [3.05, 3.63) is 36.2 Å². The highest BCUT2D eigenvalue weighted by atomic mass is 19.4. The lowest BCUT2D eigenvalue weighted by Crippen LogP contribution is -2.12. The smallest absolute Gasteiger partial charge is 0.433 e. The lowest BCUT2D eigenvalue weighted by molar-refractivity contribution is -0.141. The van der Waals surface area contributed by atoms with Crippen LogP contribution in [-0.4, -0.2) is 26.2 Å². The number of imidazole rings is 1. The van der Waals surface area contributed by atoms with E-state index in [0.717, 1.165) is 0 Å². The second-order valence-corrected chi connectivity index (χ2v) is 2.62. The number of nitrogens with zero attached hydrogens (tertiary/aromatic N) is 2. The molecule has 0 aliphatic rings. The van der Waals surface area contributed by atoms with Gasteiger partial charge in [-0.1, -0.05) is 5.16 Å². The molecule has 0 aliphatic carbocycles. The lowest BCUT2D eigenvalue weighted by Gasteiger charge is -2.02. The van der Waals surface area contributed by atoms with Crippen molar-refractivity contribution in [1.82, 2.24) is 15.1 Å². The molecule has 0 saturated carbocycles. The van der Waals surface area contributed by atoms with Crippen LogP contribution in [0.1, 0.15) is 16.2 Å². The van der Waals surface area contributed by atoms with Crippen molar-refractivity contribution < 1.29 is 27.6 Å². The SMILES string of the molecule is O=C(O)c1nc[nH]c1C(F)(F)F.c1cnoc1. The molecule has 0 amide bonds. The zero-order valence-corrected chi connectivity index (χ0v) is 8.10. The fourth-order valence-electron chi connectivity index (χ4n) is 0.848. The van der Waals surface area contributed by atoms with Gasteiger partial charge in [0.2, 0.25) is 0 Å². The zero-order chi connectivity index (χ0) is 12.9. The summed E-state index contributed by atoms with van der Waals surface area (Å²) in [4.78, 5) is 14.9. The highest BCUT2D eigenvalue weighted by Crippen LogP contribution is 2.29. The summed E-state index contributed by atoms with van der Waals surface area (Å²) < 4.78 is 40.1. The van der Waals surface area contributed by atoms with Gasteiger partial charge in [0.1, 0.15) is 6.26 Å². The van der Waals surface area contributed by atoms with Gasteiger partial charge in [-0.25, -0.2) is 9.78 Å². The average Bonchev–Trinajstić information content (AvgIpc) is 2.92. The third kappa shape index (κ3) is 3.63. The van der Waals surface area contributed by atoms with Crippen molar-refractivity contribution in [2.24, 2.45) is 0 Å². The van der Waals surface area contributed by atoms with E-state index < -0.39 is 23.5 Å². The van der Waals surface area contributed by atoms with E-state index in [1.54, 1.807) is 17.2 Å². The van der Waals surface area contributed by atoms with Gasteiger partial charge in [0.05, 0.1) is 12.5 Å². The minimum absolute atomic E-state index is 0.687. The van der Waals surface area contributed by atoms with Crippen LogP contribution in [0.2, 0.25) is 0 Å². The topological polar surface area (TPSA) is 92.0 Å². The summed E-state index contributed by atoms with van der Waals surface area (Å²) in [5, 5.41) is 11.6. The molecule has 0 atom stereocenters. The summed E-state index contributed by atoms with van der Waals surface area (Å²) in [5.74, 6) is -1.71. The second kappa shape index (κ2) is 5.14. The molecule has 92 valence electrons. The Morgan fingerprint density at radius 1 is 1.47 bits per heavy atom. The Bertz CT molecular complexity index is 447. The highest BCUT2D eigenvalue weighted by molar-refractivity contribution is 5.86. The molecule has 0 radical (unpaired) electrons. The van der Waals surface area contributed by atoms with Crippen LogP contribution in [0.3, 0.4) is 0 Å². The number of carboxylic acids is 1. The number of aromatic nitrogens is 3. The Labute approximate surface area is 92.1 Å². The maximum Gasteiger partial charge on any atom is 0.433 e. The van der Waals surface area contributed by atoms with E-state index in [1.807, 2.05) is 0 Å². The molecule has 0 unspecified atom stereocenters. The minimum Gasteiger partial charge on any atom is -0.476 e. The van der Waals surface area contributed by atoms with Crippen LogP contribution in [0.15, 0.2) is 29.4 Å². The van der Waals surface area contributed by atoms with Gasteiger partial charge in [-0.15, -0.1) is 0 Å². The van der Waals surface area contributed by atoms with Crippen LogP contribution in [0.5, 0.6) is 0 Å². The number of nitrogens with one attached hydrogen (secondary N) is 1. The molecule has 0 aliphatic heterocycles. The summed E-state index contributed by atoms with van der Waals surface area (Å²) in [6.45, 7) is 0. The molecule has 2 aromatic rings. The Hall–Kier alpha value is -2.32. The molecule has 2 heterocycles. The molecular formula is C8H6F3N3O3. The van der Waals surface area contributed by atoms with E-state index >= 15 is 0 Å². The van der Waals surface area contributed by atoms with Crippen LogP contribution >= 0.6 is 0 Å². The third-order valence-corrected chi connectivity index (χ3v) is 1.47. The number of aromatic amines is 1. The number of halogens is 3. The lowest BCUT2D eigenvalue weighted by atomic mass is 10.3. The van der Waals surface area contributed by atoms with Gasteiger partial charge in [-0.05, 0) is 6.07 Å². The summed E-state index contributed by atoms with van der Waals surface area (Å²) >= 11 is 0. The average molecular weight is 249 g/mol. The van der Waals surface area contributed by atoms with E-state index in [4.69, 9.17) is 5.11 Å². The normalized spacial score (nSPS) is 10.5. The van der Waals surface area contributed by atoms with E-state index in [0.29, 0.717) is 6.33 Å². The maximum absolute atomic E-state index is 11.9. The van der Waals surface area contributed by atoms with Gasteiger partial charge in [0.15, 0.2) is 11.4 Å². The number of alkyl halides is 3. The van der Waals surface area contributed by atoms with Crippen LogP contribution < -0.4 is 0 Å². The number of hydrogen-bond donors (Lipinski definition) is 2.